The molecule has 2 aromatic heterocycles. The number of hydrogen-bond acceptors (Lipinski definition) is 8. The van der Waals surface area contributed by atoms with E-state index < -0.39 is 10.9 Å². The van der Waals surface area contributed by atoms with Crippen LogP contribution in [0.1, 0.15) is 10.4 Å². The van der Waals surface area contributed by atoms with Crippen LogP contribution in [0.25, 0.3) is 27.8 Å². The monoisotopic (exact) mass is 502 g/mol. The number of hydrogen-bond donors (Lipinski definition) is 1. The van der Waals surface area contributed by atoms with E-state index in [1.54, 1.807) is 48.5 Å². The number of nitro benzene ring substituents is 1. The zero-order valence-corrected chi connectivity index (χ0v) is 19.3. The molecule has 11 nitrogen and oxygen atoms in total. The fraction of sp³-hybridized carbons (Fsp3) is 0.0417. The first-order valence-electron chi connectivity index (χ1n) is 10.5. The van der Waals surface area contributed by atoms with E-state index >= 15 is 0 Å². The highest BCUT2D eigenvalue weighted by molar-refractivity contribution is 6.30. The molecule has 0 amide bonds. The number of aromatic amines is 1. The number of H-pyrrole nitrogens is 1. The molecule has 0 spiro atoms. The topological polar surface area (TPSA) is 144 Å². The standard InChI is InChI=1S/C24H15ClN6O5/c1-36-24(33)14-6-4-5-13(11-14)20-21(28-27-17-10-9-15(25)12-19(17)31(34)35)22-26-23(32)16-7-2-3-8-18(16)30(22)29-20/h2-12H,1H3,(H,26,32)/b28-27+. The summed E-state index contributed by atoms with van der Waals surface area (Å²) in [5, 5.41) is 25.1. The van der Waals surface area contributed by atoms with Crippen molar-refractivity contribution in [1.29, 1.82) is 0 Å². The van der Waals surface area contributed by atoms with E-state index in [0.717, 1.165) is 0 Å². The van der Waals surface area contributed by atoms with Crippen molar-refractivity contribution < 1.29 is 14.5 Å². The van der Waals surface area contributed by atoms with E-state index in [0.29, 0.717) is 16.5 Å². The minimum absolute atomic E-state index is 0.0406. The third-order valence-electron chi connectivity index (χ3n) is 5.42. The Balaban J connectivity index is 1.79. The van der Waals surface area contributed by atoms with E-state index in [1.165, 1.54) is 29.8 Å². The van der Waals surface area contributed by atoms with E-state index in [2.05, 4.69) is 20.3 Å². The van der Waals surface area contributed by atoms with Crippen LogP contribution in [0.15, 0.2) is 81.8 Å². The Bertz CT molecular complexity index is 1770. The van der Waals surface area contributed by atoms with Gasteiger partial charge in [-0.1, -0.05) is 35.9 Å². The lowest BCUT2D eigenvalue weighted by Gasteiger charge is -2.02. The Morgan fingerprint density at radius 3 is 2.69 bits per heavy atom. The Morgan fingerprint density at radius 2 is 1.92 bits per heavy atom. The molecular formula is C24H15ClN6O5. The molecule has 0 saturated carbocycles. The summed E-state index contributed by atoms with van der Waals surface area (Å²) in [6.07, 6.45) is 0. The molecule has 0 saturated heterocycles. The van der Waals surface area contributed by atoms with Crippen LogP contribution in [-0.4, -0.2) is 32.6 Å². The number of nitro groups is 1. The van der Waals surface area contributed by atoms with Gasteiger partial charge in [-0.3, -0.25) is 14.9 Å². The number of esters is 1. The van der Waals surface area contributed by atoms with Crippen LogP contribution in [0.5, 0.6) is 0 Å². The normalized spacial score (nSPS) is 11.4. The lowest BCUT2D eigenvalue weighted by Crippen LogP contribution is -2.09. The predicted molar refractivity (Wildman–Crippen MR) is 132 cm³/mol. The number of nitrogens with zero attached hydrogens (tertiary/aromatic N) is 5. The molecular weight excluding hydrogens is 488 g/mol. The number of nitrogens with one attached hydrogen (secondary N) is 1. The Morgan fingerprint density at radius 1 is 1.11 bits per heavy atom. The van der Waals surface area contributed by atoms with Crippen LogP contribution in [0.2, 0.25) is 5.02 Å². The number of benzene rings is 3. The highest BCUT2D eigenvalue weighted by atomic mass is 35.5. The zero-order valence-electron chi connectivity index (χ0n) is 18.5. The first kappa shape index (κ1) is 22.9. The highest BCUT2D eigenvalue weighted by Crippen LogP contribution is 2.37. The molecule has 2 heterocycles. The van der Waals surface area contributed by atoms with Gasteiger partial charge in [-0.25, -0.2) is 9.31 Å². The molecule has 0 aliphatic rings. The smallest absolute Gasteiger partial charge is 0.337 e. The van der Waals surface area contributed by atoms with Crippen LogP contribution < -0.4 is 5.56 Å². The van der Waals surface area contributed by atoms with Gasteiger partial charge in [0.15, 0.2) is 17.0 Å². The Labute approximate surface area is 206 Å². The van der Waals surface area contributed by atoms with Gasteiger partial charge in [0.1, 0.15) is 5.69 Å². The second-order valence-electron chi connectivity index (χ2n) is 7.59. The van der Waals surface area contributed by atoms with Gasteiger partial charge >= 0.3 is 5.97 Å². The fourth-order valence-electron chi connectivity index (χ4n) is 3.75. The first-order valence-corrected chi connectivity index (χ1v) is 10.8. The lowest BCUT2D eigenvalue weighted by atomic mass is 10.1. The number of aromatic nitrogens is 3. The molecule has 0 atom stereocenters. The number of para-hydroxylation sites is 1. The molecule has 0 radical (unpaired) electrons. The maximum absolute atomic E-state index is 12.8. The molecule has 1 N–H and O–H groups in total. The van der Waals surface area contributed by atoms with Crippen molar-refractivity contribution in [1.82, 2.24) is 14.6 Å². The number of carbonyl (C=O) groups excluding carboxylic acids is 1. The van der Waals surface area contributed by atoms with Crippen molar-refractivity contribution in [3.63, 3.8) is 0 Å². The van der Waals surface area contributed by atoms with Gasteiger partial charge in [0.25, 0.3) is 11.2 Å². The molecule has 0 fully saturated rings. The van der Waals surface area contributed by atoms with Gasteiger partial charge in [0, 0.05) is 16.7 Å². The van der Waals surface area contributed by atoms with E-state index in [4.69, 9.17) is 16.3 Å². The molecule has 36 heavy (non-hydrogen) atoms. The van der Waals surface area contributed by atoms with Gasteiger partial charge in [0.05, 0.1) is 28.5 Å². The largest absolute Gasteiger partial charge is 0.465 e. The average Bonchev–Trinajstić information content (AvgIpc) is 3.26. The van der Waals surface area contributed by atoms with Crippen LogP contribution in [-0.2, 0) is 4.74 Å². The van der Waals surface area contributed by atoms with Crippen molar-refractivity contribution in [3.8, 4) is 11.3 Å². The van der Waals surface area contributed by atoms with Crippen LogP contribution in [0, 0.1) is 10.1 Å². The van der Waals surface area contributed by atoms with Crippen molar-refractivity contribution in [2.45, 2.75) is 0 Å². The van der Waals surface area contributed by atoms with Crippen LogP contribution in [0.4, 0.5) is 17.1 Å². The molecule has 5 rings (SSSR count). The number of carbonyl (C=O) groups is 1. The Hall–Kier alpha value is -4.90. The second kappa shape index (κ2) is 9.04. The zero-order chi connectivity index (χ0) is 25.4. The van der Waals surface area contributed by atoms with Gasteiger partial charge in [0.2, 0.25) is 0 Å². The van der Waals surface area contributed by atoms with Gasteiger partial charge in [-0.2, -0.15) is 5.10 Å². The van der Waals surface area contributed by atoms with E-state index in [9.17, 15) is 19.7 Å². The summed E-state index contributed by atoms with van der Waals surface area (Å²) >= 11 is 5.90. The Kier molecular flexibility index (Phi) is 5.74. The summed E-state index contributed by atoms with van der Waals surface area (Å²) in [4.78, 5) is 38.5. The van der Waals surface area contributed by atoms with Crippen molar-refractivity contribution in [2.75, 3.05) is 7.11 Å². The molecule has 178 valence electrons. The molecule has 12 heteroatoms. The number of fused-ring (bicyclic) bond motifs is 3. The summed E-state index contributed by atoms with van der Waals surface area (Å²) in [6, 6.07) is 17.4. The van der Waals surface area contributed by atoms with Gasteiger partial charge < -0.3 is 9.72 Å². The number of methoxy groups -OCH3 is 1. The molecule has 0 unspecified atom stereocenters. The van der Waals surface area contributed by atoms with E-state index in [1.807, 2.05) is 0 Å². The maximum Gasteiger partial charge on any atom is 0.337 e. The van der Waals surface area contributed by atoms with Crippen molar-refractivity contribution in [3.05, 3.63) is 97.8 Å². The van der Waals surface area contributed by atoms with E-state index in [-0.39, 0.29) is 44.5 Å². The van der Waals surface area contributed by atoms with Crippen molar-refractivity contribution in [2.24, 2.45) is 10.2 Å². The summed E-state index contributed by atoms with van der Waals surface area (Å²) < 4.78 is 6.31. The summed E-state index contributed by atoms with van der Waals surface area (Å²) in [5.41, 5.74) is 1.18. The van der Waals surface area contributed by atoms with Gasteiger partial charge in [-0.15, -0.1) is 10.2 Å². The number of azo groups is 1. The van der Waals surface area contributed by atoms with Crippen molar-refractivity contribution >= 4 is 51.2 Å². The number of halogens is 1. The highest BCUT2D eigenvalue weighted by Gasteiger charge is 2.20. The maximum atomic E-state index is 12.8. The van der Waals surface area contributed by atoms with Crippen LogP contribution >= 0.6 is 11.6 Å². The minimum atomic E-state index is -0.619. The quantitative estimate of drug-likeness (QED) is 0.143. The fourth-order valence-corrected chi connectivity index (χ4v) is 3.92. The first-order chi connectivity index (χ1) is 17.4. The third kappa shape index (κ3) is 3.97. The summed E-state index contributed by atoms with van der Waals surface area (Å²) in [6.45, 7) is 0. The van der Waals surface area contributed by atoms with Crippen LogP contribution in [0.3, 0.4) is 0 Å². The minimum Gasteiger partial charge on any atom is -0.465 e. The third-order valence-corrected chi connectivity index (χ3v) is 5.65. The summed E-state index contributed by atoms with van der Waals surface area (Å²) in [5.74, 6) is -0.542. The van der Waals surface area contributed by atoms with Gasteiger partial charge in [-0.05, 0) is 36.4 Å². The molecule has 0 bridgehead atoms. The lowest BCUT2D eigenvalue weighted by molar-refractivity contribution is -0.384. The summed E-state index contributed by atoms with van der Waals surface area (Å²) in [7, 11) is 1.27. The SMILES string of the molecule is COC(=O)c1cccc(-c2nn3c([nH]c(=O)c4ccccc43)c2/N=N/c2ccc(Cl)cc2[N+](=O)[O-])c1. The molecule has 5 aromatic rings. The molecule has 3 aromatic carbocycles. The molecule has 0 aliphatic carbocycles. The average molecular weight is 503 g/mol. The predicted octanol–water partition coefficient (Wildman–Crippen LogP) is 5.61. The second-order valence-corrected chi connectivity index (χ2v) is 8.03. The number of ether oxygens (including phenoxy) is 1. The number of rotatable bonds is 5. The molecule has 0 aliphatic heterocycles.